The van der Waals surface area contributed by atoms with Crippen molar-refractivity contribution in [2.24, 2.45) is 5.73 Å². The molecule has 1 atom stereocenters. The molecule has 0 bridgehead atoms. The Balaban J connectivity index is 1.99. The van der Waals surface area contributed by atoms with Crippen LogP contribution in [0.5, 0.6) is 17.5 Å². The van der Waals surface area contributed by atoms with Gasteiger partial charge >= 0.3 is 0 Å². The Kier molecular flexibility index (Phi) is 5.96. The lowest BCUT2D eigenvalue weighted by Crippen LogP contribution is -2.14. The number of amides is 1. The highest BCUT2D eigenvalue weighted by molar-refractivity contribution is 6.34. The monoisotopic (exact) mass is 421 g/mol. The van der Waals surface area contributed by atoms with Gasteiger partial charge in [-0.25, -0.2) is 14.4 Å². The molecule has 6 nitrogen and oxygen atoms in total. The number of benzene rings is 1. The Morgan fingerprint density at radius 1 is 1.18 bits per heavy atom. The van der Waals surface area contributed by atoms with Crippen LogP contribution in [0.15, 0.2) is 48.8 Å². The van der Waals surface area contributed by atoms with Crippen molar-refractivity contribution < 1.29 is 18.7 Å². The van der Waals surface area contributed by atoms with Gasteiger partial charge in [-0.1, -0.05) is 23.2 Å². The van der Waals surface area contributed by atoms with E-state index in [1.54, 1.807) is 12.1 Å². The Labute approximate surface area is 170 Å². The summed E-state index contributed by atoms with van der Waals surface area (Å²) in [4.78, 5) is 19.9. The summed E-state index contributed by atoms with van der Waals surface area (Å²) >= 11 is 12.0. The smallest absolute Gasteiger partial charge is 0.254 e. The van der Waals surface area contributed by atoms with Crippen molar-refractivity contribution in [2.45, 2.75) is 6.17 Å². The second-order valence-electron chi connectivity index (χ2n) is 5.63. The number of ether oxygens (including phenoxy) is 2. The van der Waals surface area contributed by atoms with Crippen LogP contribution in [0, 0.1) is 0 Å². The van der Waals surface area contributed by atoms with Gasteiger partial charge in [-0.2, -0.15) is 0 Å². The number of rotatable bonds is 6. The number of hydrogen-bond donors (Lipinski definition) is 1. The molecule has 0 fully saturated rings. The molecule has 0 aliphatic rings. The van der Waals surface area contributed by atoms with E-state index >= 15 is 4.39 Å². The van der Waals surface area contributed by atoms with Crippen LogP contribution in [-0.2, 0) is 0 Å². The van der Waals surface area contributed by atoms with Gasteiger partial charge in [0.1, 0.15) is 11.3 Å². The first-order chi connectivity index (χ1) is 13.4. The van der Waals surface area contributed by atoms with E-state index in [0.717, 1.165) is 0 Å². The van der Waals surface area contributed by atoms with E-state index in [1.165, 1.54) is 43.8 Å². The van der Waals surface area contributed by atoms with Crippen molar-refractivity contribution in [3.63, 3.8) is 0 Å². The number of pyridine rings is 2. The third kappa shape index (κ3) is 4.16. The minimum Gasteiger partial charge on any atom is -0.481 e. The van der Waals surface area contributed by atoms with Crippen molar-refractivity contribution in [1.29, 1.82) is 0 Å². The number of halogens is 3. The molecule has 1 amide bonds. The first-order valence-corrected chi connectivity index (χ1v) is 8.72. The largest absolute Gasteiger partial charge is 0.481 e. The number of carbonyl (C=O) groups is 1. The summed E-state index contributed by atoms with van der Waals surface area (Å²) < 4.78 is 25.7. The van der Waals surface area contributed by atoms with Gasteiger partial charge in [-0.15, -0.1) is 0 Å². The van der Waals surface area contributed by atoms with E-state index in [0.29, 0.717) is 5.02 Å². The second kappa shape index (κ2) is 8.41. The molecular weight excluding hydrogens is 408 g/mol. The summed E-state index contributed by atoms with van der Waals surface area (Å²) in [6.45, 7) is 0. The van der Waals surface area contributed by atoms with Crippen molar-refractivity contribution in [3.05, 3.63) is 75.5 Å². The number of aromatic nitrogens is 2. The van der Waals surface area contributed by atoms with Crippen molar-refractivity contribution in [3.8, 4) is 17.5 Å². The fourth-order valence-electron chi connectivity index (χ4n) is 2.47. The molecule has 0 saturated heterocycles. The highest BCUT2D eigenvalue weighted by Gasteiger charge is 2.22. The van der Waals surface area contributed by atoms with Crippen LogP contribution in [0.4, 0.5) is 4.39 Å². The van der Waals surface area contributed by atoms with Gasteiger partial charge in [-0.05, 0) is 30.3 Å². The molecule has 3 rings (SSSR count). The van der Waals surface area contributed by atoms with Crippen LogP contribution in [-0.4, -0.2) is 23.0 Å². The van der Waals surface area contributed by atoms with E-state index in [-0.39, 0.29) is 39.2 Å². The molecule has 3 aromatic rings. The number of methoxy groups -OCH3 is 1. The molecule has 0 spiro atoms. The van der Waals surface area contributed by atoms with E-state index in [4.69, 9.17) is 38.4 Å². The molecule has 2 aromatic heterocycles. The fraction of sp³-hybridized carbons (Fsp3) is 0.105. The fourth-order valence-corrected chi connectivity index (χ4v) is 2.79. The average Bonchev–Trinajstić information content (AvgIpc) is 2.70. The van der Waals surface area contributed by atoms with Gasteiger partial charge in [0.2, 0.25) is 11.8 Å². The maximum Gasteiger partial charge on any atom is 0.254 e. The number of alkyl halides is 1. The van der Waals surface area contributed by atoms with Crippen LogP contribution in [0.2, 0.25) is 10.0 Å². The van der Waals surface area contributed by atoms with Gasteiger partial charge in [0, 0.05) is 29.0 Å². The minimum atomic E-state index is -1.64. The summed E-state index contributed by atoms with van der Waals surface area (Å²) in [5, 5.41) is 0.637. The first-order valence-electron chi connectivity index (χ1n) is 7.96. The topological polar surface area (TPSA) is 87.3 Å². The molecule has 2 N–H and O–H groups in total. The molecule has 28 heavy (non-hydrogen) atoms. The summed E-state index contributed by atoms with van der Waals surface area (Å²) in [5.41, 5.74) is 5.59. The van der Waals surface area contributed by atoms with Gasteiger partial charge in [0.25, 0.3) is 5.91 Å². The summed E-state index contributed by atoms with van der Waals surface area (Å²) in [6, 6.07) is 8.94. The molecule has 9 heteroatoms. The standard InChI is InChI=1S/C19H14Cl2FN3O3/c1-27-18-12(3-2-6-24-18)16(22)10-7-13(17(23)26)19(25-9-10)28-15-8-11(20)4-5-14(15)21/h2-9,16H,1H3,(H2,23,26). The number of nitrogens with zero attached hydrogens (tertiary/aromatic N) is 2. The SMILES string of the molecule is COc1ncccc1C(F)c1cnc(Oc2cc(Cl)ccc2Cl)c(C(N)=O)c1. The van der Waals surface area contributed by atoms with Crippen molar-refractivity contribution >= 4 is 29.1 Å². The first kappa shape index (κ1) is 19.9. The molecule has 144 valence electrons. The summed E-state index contributed by atoms with van der Waals surface area (Å²) in [5.74, 6) is -0.650. The van der Waals surface area contributed by atoms with E-state index in [2.05, 4.69) is 9.97 Å². The zero-order valence-electron chi connectivity index (χ0n) is 14.5. The zero-order valence-corrected chi connectivity index (χ0v) is 16.0. The maximum absolute atomic E-state index is 15.0. The van der Waals surface area contributed by atoms with Gasteiger partial charge in [0.05, 0.1) is 17.7 Å². The van der Waals surface area contributed by atoms with Crippen LogP contribution >= 0.6 is 23.2 Å². The van der Waals surface area contributed by atoms with Crippen molar-refractivity contribution in [2.75, 3.05) is 7.11 Å². The zero-order chi connectivity index (χ0) is 20.3. The highest BCUT2D eigenvalue weighted by Crippen LogP contribution is 2.35. The van der Waals surface area contributed by atoms with Crippen LogP contribution < -0.4 is 15.2 Å². The Bertz CT molecular complexity index is 1030. The molecule has 2 heterocycles. The molecule has 1 unspecified atom stereocenters. The molecule has 0 radical (unpaired) electrons. The normalized spacial score (nSPS) is 11.7. The third-order valence-electron chi connectivity index (χ3n) is 3.80. The second-order valence-corrected chi connectivity index (χ2v) is 6.47. The van der Waals surface area contributed by atoms with Crippen LogP contribution in [0.1, 0.15) is 27.7 Å². The molecule has 0 saturated carbocycles. The average molecular weight is 422 g/mol. The lowest BCUT2D eigenvalue weighted by molar-refractivity contribution is 0.0997. The molecule has 1 aromatic carbocycles. The Morgan fingerprint density at radius 2 is 1.96 bits per heavy atom. The van der Waals surface area contributed by atoms with E-state index < -0.39 is 12.1 Å². The predicted molar refractivity (Wildman–Crippen MR) is 103 cm³/mol. The van der Waals surface area contributed by atoms with Gasteiger partial charge < -0.3 is 15.2 Å². The maximum atomic E-state index is 15.0. The lowest BCUT2D eigenvalue weighted by Gasteiger charge is -2.14. The van der Waals surface area contributed by atoms with E-state index in [9.17, 15) is 4.79 Å². The van der Waals surface area contributed by atoms with E-state index in [1.807, 2.05) is 0 Å². The van der Waals surface area contributed by atoms with Gasteiger partial charge in [-0.3, -0.25) is 4.79 Å². The van der Waals surface area contributed by atoms with Crippen molar-refractivity contribution in [1.82, 2.24) is 9.97 Å². The molecular formula is C19H14Cl2FN3O3. The quantitative estimate of drug-likeness (QED) is 0.620. The van der Waals surface area contributed by atoms with Gasteiger partial charge in [0.15, 0.2) is 6.17 Å². The Morgan fingerprint density at radius 3 is 2.68 bits per heavy atom. The number of nitrogens with two attached hydrogens (primary N) is 1. The highest BCUT2D eigenvalue weighted by atomic mass is 35.5. The number of primary amides is 1. The summed E-state index contributed by atoms with van der Waals surface area (Å²) in [6.07, 6.45) is 1.07. The third-order valence-corrected chi connectivity index (χ3v) is 4.34. The lowest BCUT2D eigenvalue weighted by atomic mass is 10.0. The molecule has 0 aliphatic carbocycles. The number of carbonyl (C=O) groups excluding carboxylic acids is 1. The van der Waals surface area contributed by atoms with Crippen LogP contribution in [0.25, 0.3) is 0 Å². The Hall–Kier alpha value is -2.90. The predicted octanol–water partition coefficient (Wildman–Crippen LogP) is 4.74. The molecule has 0 aliphatic heterocycles. The minimum absolute atomic E-state index is 0.0876. The number of hydrogen-bond acceptors (Lipinski definition) is 5. The van der Waals surface area contributed by atoms with Crippen LogP contribution in [0.3, 0.4) is 0 Å². The summed E-state index contributed by atoms with van der Waals surface area (Å²) in [7, 11) is 1.39.